The third kappa shape index (κ3) is 2.84. The summed E-state index contributed by atoms with van der Waals surface area (Å²) in [6, 6.07) is 0.367. The molecule has 2 aliphatic carbocycles. The standard InChI is InChI=1S/C19H28N4O2/c1-11-9-23-18(21-11)7-13-6-16-17(25-10-24-16)8-15(13)19(22-23)12-2-4-14(20)5-3-12/h9,12-17H,2-8,10,20H2,1H3. The molecule has 4 aliphatic rings. The molecule has 2 saturated carbocycles. The highest BCUT2D eigenvalue weighted by atomic mass is 16.7. The average molecular weight is 344 g/mol. The van der Waals surface area contributed by atoms with Gasteiger partial charge in [-0.15, -0.1) is 0 Å². The minimum Gasteiger partial charge on any atom is -0.349 e. The van der Waals surface area contributed by atoms with Gasteiger partial charge >= 0.3 is 0 Å². The van der Waals surface area contributed by atoms with Gasteiger partial charge in [-0.3, -0.25) is 0 Å². The molecule has 136 valence electrons. The first kappa shape index (κ1) is 16.0. The monoisotopic (exact) mass is 344 g/mol. The van der Waals surface area contributed by atoms with Crippen LogP contribution < -0.4 is 5.73 Å². The maximum absolute atomic E-state index is 6.15. The maximum atomic E-state index is 6.15. The molecule has 5 rings (SSSR count). The lowest BCUT2D eigenvalue weighted by atomic mass is 9.68. The Morgan fingerprint density at radius 1 is 1.12 bits per heavy atom. The summed E-state index contributed by atoms with van der Waals surface area (Å²) in [5.74, 6) is 2.71. The number of hydrogen-bond donors (Lipinski definition) is 1. The Kier molecular flexibility index (Phi) is 3.95. The molecule has 1 aromatic rings. The van der Waals surface area contributed by atoms with Gasteiger partial charge in [0.25, 0.3) is 0 Å². The van der Waals surface area contributed by atoms with E-state index in [9.17, 15) is 0 Å². The van der Waals surface area contributed by atoms with Crippen molar-refractivity contribution in [3.63, 3.8) is 0 Å². The topological polar surface area (TPSA) is 74.7 Å². The van der Waals surface area contributed by atoms with E-state index in [0.29, 0.717) is 30.6 Å². The minimum absolute atomic E-state index is 0.240. The van der Waals surface area contributed by atoms with E-state index in [1.807, 2.05) is 0 Å². The van der Waals surface area contributed by atoms with Gasteiger partial charge in [0.1, 0.15) is 12.6 Å². The van der Waals surface area contributed by atoms with Crippen LogP contribution in [0.3, 0.4) is 0 Å². The summed E-state index contributed by atoms with van der Waals surface area (Å²) in [5, 5.41) is 5.14. The van der Waals surface area contributed by atoms with Gasteiger partial charge in [-0.2, -0.15) is 5.10 Å². The summed E-state index contributed by atoms with van der Waals surface area (Å²) in [4.78, 5) is 4.74. The second kappa shape index (κ2) is 6.18. The van der Waals surface area contributed by atoms with Gasteiger partial charge in [0.15, 0.2) is 0 Å². The normalized spacial score (nSPS) is 40.6. The van der Waals surface area contributed by atoms with Gasteiger partial charge in [0.2, 0.25) is 0 Å². The number of ether oxygens (including phenoxy) is 2. The van der Waals surface area contributed by atoms with Crippen molar-refractivity contribution in [3.05, 3.63) is 17.7 Å². The summed E-state index contributed by atoms with van der Waals surface area (Å²) in [5.41, 5.74) is 8.58. The maximum Gasteiger partial charge on any atom is 0.147 e. The molecule has 0 spiro atoms. The molecular formula is C19H28N4O2. The van der Waals surface area contributed by atoms with Crippen LogP contribution in [0.15, 0.2) is 11.3 Å². The lowest BCUT2D eigenvalue weighted by Crippen LogP contribution is -2.43. The fourth-order valence-corrected chi connectivity index (χ4v) is 5.35. The molecule has 4 unspecified atom stereocenters. The molecule has 4 atom stereocenters. The fourth-order valence-electron chi connectivity index (χ4n) is 5.35. The van der Waals surface area contributed by atoms with Crippen LogP contribution in [-0.2, 0) is 15.9 Å². The van der Waals surface area contributed by atoms with E-state index in [-0.39, 0.29) is 12.2 Å². The number of aromatic nitrogens is 2. The third-order valence-corrected chi connectivity index (χ3v) is 6.69. The summed E-state index contributed by atoms with van der Waals surface area (Å²) >= 11 is 0. The van der Waals surface area contributed by atoms with Gasteiger partial charge in [-0.05, 0) is 57.3 Å². The predicted molar refractivity (Wildman–Crippen MR) is 94.3 cm³/mol. The number of nitrogens with zero attached hydrogens (tertiary/aromatic N) is 3. The fraction of sp³-hybridized carbons (Fsp3) is 0.789. The second-order valence-corrected chi connectivity index (χ2v) is 8.35. The van der Waals surface area contributed by atoms with Crippen LogP contribution in [0.25, 0.3) is 0 Å². The summed E-state index contributed by atoms with van der Waals surface area (Å²) in [6.45, 7) is 2.51. The van der Waals surface area contributed by atoms with Crippen LogP contribution in [0, 0.1) is 24.7 Å². The van der Waals surface area contributed by atoms with Gasteiger partial charge < -0.3 is 15.2 Å². The summed E-state index contributed by atoms with van der Waals surface area (Å²) < 4.78 is 13.7. The zero-order chi connectivity index (χ0) is 17.0. The van der Waals surface area contributed by atoms with E-state index >= 15 is 0 Å². The van der Waals surface area contributed by atoms with Crippen molar-refractivity contribution < 1.29 is 9.47 Å². The van der Waals surface area contributed by atoms with Gasteiger partial charge in [-0.1, -0.05) is 0 Å². The Labute approximate surface area is 148 Å². The van der Waals surface area contributed by atoms with E-state index in [2.05, 4.69) is 17.8 Å². The van der Waals surface area contributed by atoms with Crippen molar-refractivity contribution in [1.29, 1.82) is 0 Å². The number of aryl methyl sites for hydroxylation is 1. The highest BCUT2D eigenvalue weighted by molar-refractivity contribution is 5.89. The molecule has 0 amide bonds. The minimum atomic E-state index is 0.240. The Hall–Kier alpha value is -1.24. The van der Waals surface area contributed by atoms with Gasteiger partial charge in [0, 0.05) is 24.1 Å². The number of hydrogen-bond acceptors (Lipinski definition) is 5. The highest BCUT2D eigenvalue weighted by Crippen LogP contribution is 2.43. The predicted octanol–water partition coefficient (Wildman–Crippen LogP) is 2.24. The molecule has 1 saturated heterocycles. The molecule has 0 bridgehead atoms. The average Bonchev–Trinajstić information content (AvgIpc) is 3.15. The molecule has 2 N–H and O–H groups in total. The van der Waals surface area contributed by atoms with Crippen molar-refractivity contribution in [1.82, 2.24) is 9.66 Å². The molecule has 3 heterocycles. The van der Waals surface area contributed by atoms with E-state index < -0.39 is 0 Å². The lowest BCUT2D eigenvalue weighted by Gasteiger charge is -2.39. The number of nitrogens with two attached hydrogens (primary N) is 1. The van der Waals surface area contributed by atoms with Gasteiger partial charge in [0.05, 0.1) is 24.1 Å². The van der Waals surface area contributed by atoms with E-state index in [1.54, 1.807) is 0 Å². The third-order valence-electron chi connectivity index (χ3n) is 6.69. The molecular weight excluding hydrogens is 316 g/mol. The van der Waals surface area contributed by atoms with Crippen LogP contribution in [0.2, 0.25) is 0 Å². The van der Waals surface area contributed by atoms with Crippen molar-refractivity contribution in [2.24, 2.45) is 28.6 Å². The van der Waals surface area contributed by atoms with E-state index in [1.165, 1.54) is 5.71 Å². The lowest BCUT2D eigenvalue weighted by molar-refractivity contribution is 0.0388. The molecule has 0 radical (unpaired) electrons. The Bertz CT molecular complexity index is 677. The summed E-state index contributed by atoms with van der Waals surface area (Å²) in [7, 11) is 0. The number of imidazole rings is 1. The number of rotatable bonds is 1. The summed E-state index contributed by atoms with van der Waals surface area (Å²) in [6.07, 6.45) is 10.2. The first-order valence-electron chi connectivity index (χ1n) is 9.80. The SMILES string of the molecule is Cc1cn2c(n1)CC1CC3OCOC3CC1C(C1CCC(N)CC1)=N2. The van der Waals surface area contributed by atoms with E-state index in [0.717, 1.165) is 56.5 Å². The van der Waals surface area contributed by atoms with Crippen LogP contribution >= 0.6 is 0 Å². The smallest absolute Gasteiger partial charge is 0.147 e. The Balaban J connectivity index is 1.51. The van der Waals surface area contributed by atoms with Crippen molar-refractivity contribution in [2.75, 3.05) is 6.79 Å². The Morgan fingerprint density at radius 3 is 2.68 bits per heavy atom. The van der Waals surface area contributed by atoms with Crippen LogP contribution in [0.4, 0.5) is 0 Å². The first-order chi connectivity index (χ1) is 12.2. The molecule has 3 fully saturated rings. The molecule has 25 heavy (non-hydrogen) atoms. The zero-order valence-electron chi connectivity index (χ0n) is 14.9. The van der Waals surface area contributed by atoms with Crippen LogP contribution in [0.1, 0.15) is 50.0 Å². The van der Waals surface area contributed by atoms with Crippen molar-refractivity contribution in [3.8, 4) is 0 Å². The second-order valence-electron chi connectivity index (χ2n) is 8.35. The zero-order valence-corrected chi connectivity index (χ0v) is 14.9. The molecule has 0 aromatic carbocycles. The number of fused-ring (bicyclic) bond motifs is 3. The first-order valence-corrected chi connectivity index (χ1v) is 9.80. The van der Waals surface area contributed by atoms with Crippen molar-refractivity contribution in [2.45, 2.75) is 70.1 Å². The molecule has 6 heteroatoms. The largest absolute Gasteiger partial charge is 0.349 e. The highest BCUT2D eigenvalue weighted by Gasteiger charge is 2.46. The van der Waals surface area contributed by atoms with Crippen LogP contribution in [-0.4, -0.2) is 40.4 Å². The van der Waals surface area contributed by atoms with E-state index in [4.69, 9.17) is 25.3 Å². The Morgan fingerprint density at radius 2 is 1.88 bits per heavy atom. The van der Waals surface area contributed by atoms with Gasteiger partial charge in [-0.25, -0.2) is 9.66 Å². The molecule has 2 aliphatic heterocycles. The van der Waals surface area contributed by atoms with Crippen LogP contribution in [0.5, 0.6) is 0 Å². The molecule has 1 aromatic heterocycles. The molecule has 6 nitrogen and oxygen atoms in total. The van der Waals surface area contributed by atoms with Crippen molar-refractivity contribution >= 4 is 5.71 Å². The quantitative estimate of drug-likeness (QED) is 0.848.